The second-order valence-corrected chi connectivity index (χ2v) is 10.2. The van der Waals surface area contributed by atoms with Gasteiger partial charge in [0.2, 0.25) is 17.8 Å². The van der Waals surface area contributed by atoms with Gasteiger partial charge in [0, 0.05) is 50.3 Å². The van der Waals surface area contributed by atoms with Crippen LogP contribution < -0.4 is 10.2 Å². The molecule has 2 aliphatic heterocycles. The lowest BCUT2D eigenvalue weighted by Crippen LogP contribution is -2.27. The van der Waals surface area contributed by atoms with Crippen molar-refractivity contribution in [3.63, 3.8) is 0 Å². The summed E-state index contributed by atoms with van der Waals surface area (Å²) in [7, 11) is 0. The highest BCUT2D eigenvalue weighted by molar-refractivity contribution is 14.1. The van der Waals surface area contributed by atoms with Crippen LogP contribution in [0.1, 0.15) is 13.8 Å². The Morgan fingerprint density at radius 2 is 1.36 bits per heavy atom. The molecule has 2 fully saturated rings. The standard InChI is InChI=1S/C10H10F3IN2.C5H2F2IN.C5H9F2N/c1-6-4-16(5-10(6,12)13)9-3-7(14)2-8(11)15-9;6-4-1-3(8)2-5(7)9-4;1-4-2-8-3-5(4,6)7/h2-3,6H,4-5H2,1H3;1-2H;4,8H,2-3H2,1H3. The van der Waals surface area contributed by atoms with Gasteiger partial charge >= 0.3 is 0 Å². The summed E-state index contributed by atoms with van der Waals surface area (Å²) in [6.07, 6.45) is 0. The van der Waals surface area contributed by atoms with E-state index in [1.165, 1.54) is 17.9 Å². The summed E-state index contributed by atoms with van der Waals surface area (Å²) in [5, 5.41) is 2.61. The lowest BCUT2D eigenvalue weighted by Gasteiger charge is -2.16. The van der Waals surface area contributed by atoms with E-state index in [2.05, 4.69) is 15.3 Å². The van der Waals surface area contributed by atoms with Crippen molar-refractivity contribution in [2.24, 2.45) is 11.8 Å². The molecular formula is C20H21F7I2N4. The molecule has 4 rings (SSSR count). The summed E-state index contributed by atoms with van der Waals surface area (Å²) in [5.74, 6) is -8.30. The molecule has 184 valence electrons. The SMILES string of the molecule is CC1CN(c2cc(I)cc(F)n2)CC1(F)F.CC1CNCC1(F)F.Fc1cc(I)cc(F)n1. The van der Waals surface area contributed by atoms with Gasteiger partial charge in [-0.1, -0.05) is 13.8 Å². The number of pyridine rings is 2. The summed E-state index contributed by atoms with van der Waals surface area (Å²) in [4.78, 5) is 7.96. The van der Waals surface area contributed by atoms with Crippen molar-refractivity contribution in [2.45, 2.75) is 25.7 Å². The highest BCUT2D eigenvalue weighted by Gasteiger charge is 2.45. The summed E-state index contributed by atoms with van der Waals surface area (Å²) in [5.41, 5.74) is 0. The van der Waals surface area contributed by atoms with Crippen molar-refractivity contribution in [1.29, 1.82) is 0 Å². The van der Waals surface area contributed by atoms with E-state index < -0.39 is 41.5 Å². The number of nitrogens with zero attached hydrogens (tertiary/aromatic N) is 3. The molecule has 0 bridgehead atoms. The maximum atomic E-state index is 13.3. The van der Waals surface area contributed by atoms with E-state index in [0.717, 1.165) is 12.1 Å². The van der Waals surface area contributed by atoms with Crippen LogP contribution in [0.3, 0.4) is 0 Å². The van der Waals surface area contributed by atoms with Gasteiger partial charge in [0.1, 0.15) is 5.82 Å². The Labute approximate surface area is 214 Å². The zero-order valence-corrected chi connectivity index (χ0v) is 21.9. The molecule has 1 N–H and O–H groups in total. The number of hydrogen-bond acceptors (Lipinski definition) is 4. The molecule has 2 atom stereocenters. The Hall–Kier alpha value is -0.970. The molecule has 13 heteroatoms. The maximum Gasteiger partial charge on any atom is 0.269 e. The quantitative estimate of drug-likeness (QED) is 0.234. The van der Waals surface area contributed by atoms with Gasteiger partial charge in [-0.3, -0.25) is 0 Å². The summed E-state index contributed by atoms with van der Waals surface area (Å²) in [6, 6.07) is 5.19. The van der Waals surface area contributed by atoms with Crippen LogP contribution in [-0.2, 0) is 0 Å². The van der Waals surface area contributed by atoms with Crippen molar-refractivity contribution >= 4 is 51.0 Å². The molecule has 4 nitrogen and oxygen atoms in total. The number of alkyl halides is 4. The van der Waals surface area contributed by atoms with Gasteiger partial charge in [0.25, 0.3) is 11.8 Å². The summed E-state index contributed by atoms with van der Waals surface area (Å²) < 4.78 is 89.5. The number of rotatable bonds is 1. The van der Waals surface area contributed by atoms with Gasteiger partial charge < -0.3 is 10.2 Å². The fourth-order valence-electron chi connectivity index (χ4n) is 2.94. The first kappa shape index (κ1) is 28.3. The zero-order chi connectivity index (χ0) is 25.0. The normalized spacial score (nSPS) is 22.8. The first-order valence-electron chi connectivity index (χ1n) is 9.72. The molecule has 0 amide bonds. The third kappa shape index (κ3) is 8.64. The van der Waals surface area contributed by atoms with Crippen LogP contribution in [0, 0.1) is 36.8 Å². The lowest BCUT2D eigenvalue weighted by molar-refractivity contribution is -0.0150. The van der Waals surface area contributed by atoms with E-state index in [1.54, 1.807) is 13.0 Å². The Bertz CT molecular complexity index is 878. The van der Waals surface area contributed by atoms with Crippen LogP contribution in [0.2, 0.25) is 0 Å². The zero-order valence-electron chi connectivity index (χ0n) is 17.5. The smallest absolute Gasteiger partial charge is 0.269 e. The number of nitrogens with one attached hydrogen (secondary N) is 1. The van der Waals surface area contributed by atoms with Crippen molar-refractivity contribution in [2.75, 3.05) is 31.1 Å². The first-order chi connectivity index (χ1) is 15.2. The predicted octanol–water partition coefficient (Wildman–Crippen LogP) is 5.74. The molecule has 33 heavy (non-hydrogen) atoms. The minimum Gasteiger partial charge on any atom is -0.350 e. The third-order valence-electron chi connectivity index (χ3n) is 4.95. The molecule has 4 heterocycles. The van der Waals surface area contributed by atoms with E-state index in [-0.39, 0.29) is 25.5 Å². The highest BCUT2D eigenvalue weighted by atomic mass is 127. The molecule has 0 spiro atoms. The summed E-state index contributed by atoms with van der Waals surface area (Å²) >= 11 is 3.75. The lowest BCUT2D eigenvalue weighted by atomic mass is 10.1. The van der Waals surface area contributed by atoms with Crippen LogP contribution in [0.25, 0.3) is 0 Å². The van der Waals surface area contributed by atoms with Gasteiger partial charge in [-0.2, -0.15) is 18.2 Å². The molecule has 2 saturated heterocycles. The Morgan fingerprint density at radius 1 is 0.848 bits per heavy atom. The molecule has 2 aliphatic rings. The summed E-state index contributed by atoms with van der Waals surface area (Å²) in [6.45, 7) is 3.17. The van der Waals surface area contributed by atoms with Crippen LogP contribution in [0.4, 0.5) is 36.6 Å². The van der Waals surface area contributed by atoms with Crippen LogP contribution in [-0.4, -0.2) is 48.0 Å². The molecule has 0 radical (unpaired) electrons. The van der Waals surface area contributed by atoms with Crippen molar-refractivity contribution < 1.29 is 30.7 Å². The molecule has 2 unspecified atom stereocenters. The van der Waals surface area contributed by atoms with Crippen LogP contribution >= 0.6 is 45.2 Å². The maximum absolute atomic E-state index is 13.3. The first-order valence-corrected chi connectivity index (χ1v) is 11.9. The van der Waals surface area contributed by atoms with E-state index in [0.29, 0.717) is 13.7 Å². The number of halogens is 9. The molecule has 2 aromatic heterocycles. The van der Waals surface area contributed by atoms with Gasteiger partial charge in [-0.15, -0.1) is 0 Å². The van der Waals surface area contributed by atoms with Crippen molar-refractivity contribution in [3.8, 4) is 0 Å². The minimum atomic E-state index is -2.72. The second kappa shape index (κ2) is 11.6. The fraction of sp³-hybridized carbons (Fsp3) is 0.500. The molecule has 0 aromatic carbocycles. The van der Waals surface area contributed by atoms with E-state index in [9.17, 15) is 30.7 Å². The Morgan fingerprint density at radius 3 is 1.70 bits per heavy atom. The Kier molecular flexibility index (Phi) is 9.97. The number of anilines is 1. The highest BCUT2D eigenvalue weighted by Crippen LogP contribution is 2.35. The monoisotopic (exact) mass is 704 g/mol. The molecular weight excluding hydrogens is 683 g/mol. The molecule has 0 aliphatic carbocycles. The van der Waals surface area contributed by atoms with Gasteiger partial charge in [-0.25, -0.2) is 22.5 Å². The molecule has 2 aromatic rings. The average Bonchev–Trinajstić information content (AvgIpc) is 3.11. The third-order valence-corrected chi connectivity index (χ3v) is 6.19. The number of hydrogen-bond donors (Lipinski definition) is 1. The van der Waals surface area contributed by atoms with E-state index in [4.69, 9.17) is 0 Å². The van der Waals surface area contributed by atoms with Crippen molar-refractivity contribution in [3.05, 3.63) is 49.2 Å². The van der Waals surface area contributed by atoms with Gasteiger partial charge in [0.05, 0.1) is 13.1 Å². The topological polar surface area (TPSA) is 41.1 Å². The van der Waals surface area contributed by atoms with Gasteiger partial charge in [-0.05, 0) is 51.2 Å². The molecule has 0 saturated carbocycles. The van der Waals surface area contributed by atoms with E-state index in [1.807, 2.05) is 45.2 Å². The predicted molar refractivity (Wildman–Crippen MR) is 127 cm³/mol. The number of aromatic nitrogens is 2. The average molecular weight is 704 g/mol. The van der Waals surface area contributed by atoms with Crippen LogP contribution in [0.5, 0.6) is 0 Å². The fourth-order valence-corrected chi connectivity index (χ4v) is 3.99. The Balaban J connectivity index is 0.000000192. The van der Waals surface area contributed by atoms with Gasteiger partial charge in [0.15, 0.2) is 0 Å². The van der Waals surface area contributed by atoms with Crippen molar-refractivity contribution in [1.82, 2.24) is 15.3 Å². The van der Waals surface area contributed by atoms with Crippen LogP contribution in [0.15, 0.2) is 24.3 Å². The largest absolute Gasteiger partial charge is 0.350 e. The van der Waals surface area contributed by atoms with E-state index >= 15 is 0 Å². The second-order valence-electron chi connectivity index (χ2n) is 7.73. The minimum absolute atomic E-state index is 0.145.